The summed E-state index contributed by atoms with van der Waals surface area (Å²) in [6, 6.07) is 20.0. The molecule has 0 aliphatic carbocycles. The standard InChI is InChI=1S/C25H21ClN4O2/c1-17-6-4-8-20(28-17)14-24(31)19-7-5-9-21(13-19)30-16-18(15-27-30)12-25(32)29-23-11-3-2-10-22(23)26/h2-11,13,15-16H,12,14H2,1H3,(H,29,32). The van der Waals surface area contributed by atoms with Crippen molar-refractivity contribution in [3.63, 3.8) is 0 Å². The van der Waals surface area contributed by atoms with E-state index in [1.165, 1.54) is 0 Å². The van der Waals surface area contributed by atoms with E-state index in [-0.39, 0.29) is 24.5 Å². The second kappa shape index (κ2) is 9.58. The number of para-hydroxylation sites is 1. The van der Waals surface area contributed by atoms with Gasteiger partial charge in [-0.15, -0.1) is 0 Å². The number of carbonyl (C=O) groups excluding carboxylic acids is 2. The first-order chi connectivity index (χ1) is 15.5. The quantitative estimate of drug-likeness (QED) is 0.414. The van der Waals surface area contributed by atoms with Crippen molar-refractivity contribution in [3.05, 3.63) is 107 Å². The molecule has 0 radical (unpaired) electrons. The summed E-state index contributed by atoms with van der Waals surface area (Å²) in [7, 11) is 0. The number of aromatic nitrogens is 3. The number of rotatable bonds is 7. The Labute approximate surface area is 190 Å². The SMILES string of the molecule is Cc1cccc(CC(=O)c2cccc(-n3cc(CC(=O)Nc4ccccc4Cl)cn3)c2)n1. The zero-order valence-electron chi connectivity index (χ0n) is 17.5. The lowest BCUT2D eigenvalue weighted by Crippen LogP contribution is -2.14. The van der Waals surface area contributed by atoms with Crippen LogP contribution in [0.5, 0.6) is 0 Å². The molecule has 0 fully saturated rings. The van der Waals surface area contributed by atoms with Crippen molar-refractivity contribution in [1.29, 1.82) is 0 Å². The van der Waals surface area contributed by atoms with Crippen LogP contribution in [0.2, 0.25) is 5.02 Å². The van der Waals surface area contributed by atoms with Crippen LogP contribution in [-0.2, 0) is 17.6 Å². The zero-order chi connectivity index (χ0) is 22.5. The monoisotopic (exact) mass is 444 g/mol. The molecule has 0 saturated heterocycles. The van der Waals surface area contributed by atoms with E-state index in [1.54, 1.807) is 47.4 Å². The molecule has 1 N–H and O–H groups in total. The van der Waals surface area contributed by atoms with Gasteiger partial charge in [0.15, 0.2) is 5.78 Å². The van der Waals surface area contributed by atoms with Crippen LogP contribution in [0, 0.1) is 6.92 Å². The van der Waals surface area contributed by atoms with Crippen molar-refractivity contribution in [2.75, 3.05) is 5.32 Å². The van der Waals surface area contributed by atoms with E-state index in [2.05, 4.69) is 15.4 Å². The number of nitrogens with zero attached hydrogens (tertiary/aromatic N) is 3. The Morgan fingerprint density at radius 3 is 2.62 bits per heavy atom. The number of amides is 1. The minimum atomic E-state index is -0.188. The summed E-state index contributed by atoms with van der Waals surface area (Å²) in [5.41, 5.74) is 4.26. The maximum atomic E-state index is 12.7. The van der Waals surface area contributed by atoms with Crippen LogP contribution >= 0.6 is 11.6 Å². The summed E-state index contributed by atoms with van der Waals surface area (Å²) in [6.07, 6.45) is 3.80. The summed E-state index contributed by atoms with van der Waals surface area (Å²) in [5.74, 6) is -0.205. The first-order valence-electron chi connectivity index (χ1n) is 10.1. The number of ketones is 1. The molecule has 0 atom stereocenters. The number of benzene rings is 2. The average Bonchev–Trinajstić information content (AvgIpc) is 3.24. The molecule has 6 nitrogen and oxygen atoms in total. The van der Waals surface area contributed by atoms with Crippen LogP contribution in [0.15, 0.2) is 79.1 Å². The number of nitrogens with one attached hydrogen (secondary N) is 1. The number of halogens is 1. The lowest BCUT2D eigenvalue weighted by Gasteiger charge is -2.06. The average molecular weight is 445 g/mol. The molecular formula is C25H21ClN4O2. The Hall–Kier alpha value is -3.77. The summed E-state index contributed by atoms with van der Waals surface area (Å²) in [6.45, 7) is 1.90. The minimum Gasteiger partial charge on any atom is -0.324 e. The molecule has 0 spiro atoms. The molecule has 160 valence electrons. The van der Waals surface area contributed by atoms with Gasteiger partial charge in [-0.2, -0.15) is 5.10 Å². The molecule has 32 heavy (non-hydrogen) atoms. The molecule has 1 amide bonds. The van der Waals surface area contributed by atoms with Crippen LogP contribution in [0.25, 0.3) is 5.69 Å². The summed E-state index contributed by atoms with van der Waals surface area (Å²) in [4.78, 5) is 29.5. The van der Waals surface area contributed by atoms with Crippen LogP contribution < -0.4 is 5.32 Å². The number of hydrogen-bond donors (Lipinski definition) is 1. The smallest absolute Gasteiger partial charge is 0.228 e. The van der Waals surface area contributed by atoms with Gasteiger partial charge < -0.3 is 5.32 Å². The van der Waals surface area contributed by atoms with Gasteiger partial charge in [0.05, 0.1) is 35.4 Å². The Bertz CT molecular complexity index is 1280. The predicted octanol–water partition coefficient (Wildman–Crippen LogP) is 4.84. The van der Waals surface area contributed by atoms with Crippen LogP contribution in [0.1, 0.15) is 27.3 Å². The van der Waals surface area contributed by atoms with Gasteiger partial charge in [-0.25, -0.2) is 4.68 Å². The highest BCUT2D eigenvalue weighted by Crippen LogP contribution is 2.21. The van der Waals surface area contributed by atoms with Gasteiger partial charge >= 0.3 is 0 Å². The zero-order valence-corrected chi connectivity index (χ0v) is 18.2. The predicted molar refractivity (Wildman–Crippen MR) is 124 cm³/mol. The summed E-state index contributed by atoms with van der Waals surface area (Å²) >= 11 is 6.09. The van der Waals surface area contributed by atoms with Gasteiger partial charge in [0, 0.05) is 23.1 Å². The molecule has 2 aromatic heterocycles. The van der Waals surface area contributed by atoms with Gasteiger partial charge in [-0.3, -0.25) is 14.6 Å². The second-order valence-corrected chi connectivity index (χ2v) is 7.83. The molecule has 0 aliphatic rings. The van der Waals surface area contributed by atoms with Crippen molar-refractivity contribution in [3.8, 4) is 5.69 Å². The highest BCUT2D eigenvalue weighted by molar-refractivity contribution is 6.33. The molecule has 0 unspecified atom stereocenters. The van der Waals surface area contributed by atoms with Gasteiger partial charge in [0.2, 0.25) is 5.91 Å². The van der Waals surface area contributed by atoms with E-state index in [0.29, 0.717) is 16.3 Å². The topological polar surface area (TPSA) is 76.9 Å². The van der Waals surface area contributed by atoms with Crippen molar-refractivity contribution in [2.45, 2.75) is 19.8 Å². The Morgan fingerprint density at radius 1 is 1.00 bits per heavy atom. The minimum absolute atomic E-state index is 0.0172. The third-order valence-electron chi connectivity index (χ3n) is 4.87. The largest absolute Gasteiger partial charge is 0.324 e. The first kappa shape index (κ1) is 21.5. The number of anilines is 1. The molecule has 2 heterocycles. The summed E-state index contributed by atoms with van der Waals surface area (Å²) < 4.78 is 1.65. The number of pyridine rings is 1. The van der Waals surface area contributed by atoms with E-state index in [1.807, 2.05) is 43.3 Å². The van der Waals surface area contributed by atoms with Gasteiger partial charge in [0.25, 0.3) is 0 Å². The Balaban J connectivity index is 1.44. The van der Waals surface area contributed by atoms with Gasteiger partial charge in [-0.1, -0.05) is 41.9 Å². The Morgan fingerprint density at radius 2 is 1.81 bits per heavy atom. The van der Waals surface area contributed by atoms with Gasteiger partial charge in [-0.05, 0) is 48.9 Å². The lowest BCUT2D eigenvalue weighted by atomic mass is 10.1. The molecule has 0 bridgehead atoms. The molecule has 2 aromatic carbocycles. The van der Waals surface area contributed by atoms with Crippen LogP contribution in [0.4, 0.5) is 5.69 Å². The molecular weight excluding hydrogens is 424 g/mol. The van der Waals surface area contributed by atoms with Crippen molar-refractivity contribution in [1.82, 2.24) is 14.8 Å². The van der Waals surface area contributed by atoms with Crippen molar-refractivity contribution < 1.29 is 9.59 Å². The van der Waals surface area contributed by atoms with E-state index in [9.17, 15) is 9.59 Å². The third-order valence-corrected chi connectivity index (χ3v) is 5.20. The van der Waals surface area contributed by atoms with Gasteiger partial charge in [0.1, 0.15) is 0 Å². The first-order valence-corrected chi connectivity index (χ1v) is 10.5. The van der Waals surface area contributed by atoms with Crippen molar-refractivity contribution >= 4 is 29.0 Å². The number of hydrogen-bond acceptors (Lipinski definition) is 4. The second-order valence-electron chi connectivity index (χ2n) is 7.42. The van der Waals surface area contributed by atoms with Crippen molar-refractivity contribution in [2.24, 2.45) is 0 Å². The van der Waals surface area contributed by atoms with Crippen LogP contribution in [0.3, 0.4) is 0 Å². The molecule has 7 heteroatoms. The Kier molecular flexibility index (Phi) is 6.42. The van der Waals surface area contributed by atoms with E-state index < -0.39 is 0 Å². The molecule has 0 saturated carbocycles. The molecule has 0 aliphatic heterocycles. The number of aryl methyl sites for hydroxylation is 1. The van der Waals surface area contributed by atoms with E-state index in [0.717, 1.165) is 22.6 Å². The van der Waals surface area contributed by atoms with Crippen LogP contribution in [-0.4, -0.2) is 26.5 Å². The van der Waals surface area contributed by atoms with E-state index >= 15 is 0 Å². The number of Topliss-reactive ketones (excluding diaryl/α,β-unsaturated/α-hetero) is 1. The maximum absolute atomic E-state index is 12.7. The summed E-state index contributed by atoms with van der Waals surface area (Å²) in [5, 5.41) is 7.63. The highest BCUT2D eigenvalue weighted by Gasteiger charge is 2.12. The fourth-order valence-electron chi connectivity index (χ4n) is 3.32. The number of carbonyl (C=O) groups is 2. The third kappa shape index (κ3) is 5.28. The van der Waals surface area contributed by atoms with E-state index in [4.69, 9.17) is 11.6 Å². The lowest BCUT2D eigenvalue weighted by molar-refractivity contribution is -0.115. The maximum Gasteiger partial charge on any atom is 0.228 e. The fourth-order valence-corrected chi connectivity index (χ4v) is 3.50. The normalized spacial score (nSPS) is 10.7. The highest BCUT2D eigenvalue weighted by atomic mass is 35.5. The molecule has 4 aromatic rings. The fraction of sp³-hybridized carbons (Fsp3) is 0.120. The molecule has 4 rings (SSSR count).